The number of unbranched alkanes of at least 4 members (excludes halogenated alkanes) is 9. The number of fused-ring (bicyclic) bond motifs is 3. The molecule has 2 aliphatic rings. The summed E-state index contributed by atoms with van der Waals surface area (Å²) >= 11 is 0. The second-order valence-corrected chi connectivity index (χ2v) is 19.6. The van der Waals surface area contributed by atoms with E-state index in [9.17, 15) is 4.79 Å². The van der Waals surface area contributed by atoms with Crippen molar-refractivity contribution in [2.24, 2.45) is 5.92 Å². The summed E-state index contributed by atoms with van der Waals surface area (Å²) in [6.07, 6.45) is 14.0. The van der Waals surface area contributed by atoms with Crippen LogP contribution in [0.25, 0.3) is 0 Å². The summed E-state index contributed by atoms with van der Waals surface area (Å²) in [6.45, 7) is 12.3. The van der Waals surface area contributed by atoms with E-state index in [0.29, 0.717) is 19.6 Å². The van der Waals surface area contributed by atoms with Crippen LogP contribution >= 0.6 is 0 Å². The van der Waals surface area contributed by atoms with E-state index in [4.69, 9.17) is 18.6 Å². The van der Waals surface area contributed by atoms with Gasteiger partial charge in [-0.3, -0.25) is 4.79 Å². The molecule has 0 amide bonds. The first kappa shape index (κ1) is 39.3. The van der Waals surface area contributed by atoms with Gasteiger partial charge in [0.25, 0.3) is 0 Å². The van der Waals surface area contributed by atoms with Crippen molar-refractivity contribution in [3.8, 4) is 11.5 Å². The summed E-state index contributed by atoms with van der Waals surface area (Å²) in [4.78, 5) is 14.2. The van der Waals surface area contributed by atoms with E-state index in [1.54, 1.807) is 0 Å². The first-order valence-electron chi connectivity index (χ1n) is 20.4. The molecule has 0 radical (unpaired) electrons. The fourth-order valence-corrected chi connectivity index (χ4v) is 11.1. The lowest BCUT2D eigenvalue weighted by molar-refractivity contribution is -0.249. The highest BCUT2D eigenvalue weighted by molar-refractivity contribution is 6.73. The SMILES string of the molecule is CCCCCCCCC(=O)c1cccc2c1[C@@H](O[Si](CC)(CC)CC)[C@@H](CCCCCCC)[C@@]1(OCc3c(OCc4ccccc4)cccc31)O2. The Morgan fingerprint density at radius 2 is 1.43 bits per heavy atom. The largest absolute Gasteiger partial charge is 0.489 e. The van der Waals surface area contributed by atoms with Crippen LogP contribution in [0, 0.1) is 5.92 Å². The third-order valence-electron chi connectivity index (χ3n) is 11.6. The van der Waals surface area contributed by atoms with Crippen LogP contribution in [0.3, 0.4) is 0 Å². The summed E-state index contributed by atoms with van der Waals surface area (Å²) in [5.74, 6) is 0.630. The highest BCUT2D eigenvalue weighted by Gasteiger charge is 2.58. The van der Waals surface area contributed by atoms with Crippen LogP contribution in [0.15, 0.2) is 66.7 Å². The Labute approximate surface area is 310 Å². The number of carbonyl (C=O) groups is 1. The standard InChI is InChI=1S/C45H64O5Si/c1-6-11-13-15-17-22-30-40(46)36-27-23-32-42-43(36)44(50-51(8-3,9-4)10-5)39(28-21-16-14-12-7-2)45(49-42)38-29-24-31-41(37(38)34-48-45)47-33-35-25-19-18-20-26-35/h18-20,23-27,29,31-32,39,44H,6-17,21-22,28,30,33-34H2,1-5H3/t39-,44+,45+/m1/s1. The maximum absolute atomic E-state index is 14.2. The van der Waals surface area contributed by atoms with Crippen LogP contribution in [0.5, 0.6) is 11.5 Å². The monoisotopic (exact) mass is 712 g/mol. The molecule has 0 saturated carbocycles. The van der Waals surface area contributed by atoms with Gasteiger partial charge in [-0.05, 0) is 48.7 Å². The van der Waals surface area contributed by atoms with Gasteiger partial charge in [-0.15, -0.1) is 0 Å². The number of hydrogen-bond acceptors (Lipinski definition) is 5. The van der Waals surface area contributed by atoms with Gasteiger partial charge >= 0.3 is 0 Å². The maximum atomic E-state index is 14.2. The first-order chi connectivity index (χ1) is 25.0. The van der Waals surface area contributed by atoms with Crippen LogP contribution < -0.4 is 9.47 Å². The predicted octanol–water partition coefficient (Wildman–Crippen LogP) is 13.0. The maximum Gasteiger partial charge on any atom is 0.243 e. The Morgan fingerprint density at radius 1 is 0.765 bits per heavy atom. The Balaban J connectivity index is 1.56. The molecule has 0 fully saturated rings. The van der Waals surface area contributed by atoms with E-state index < -0.39 is 14.1 Å². The minimum absolute atomic E-state index is 0.114. The Bertz CT molecular complexity index is 1510. The number of ketones is 1. The summed E-state index contributed by atoms with van der Waals surface area (Å²) in [5, 5.41) is 0. The zero-order valence-corrected chi connectivity index (χ0v) is 33.3. The first-order valence-corrected chi connectivity index (χ1v) is 22.9. The van der Waals surface area contributed by atoms with E-state index in [-0.39, 0.29) is 17.8 Å². The molecule has 3 aromatic rings. The molecule has 51 heavy (non-hydrogen) atoms. The number of benzene rings is 3. The number of Topliss-reactive ketones (excluding diaryl/α,β-unsaturated/α-hetero) is 1. The zero-order valence-electron chi connectivity index (χ0n) is 32.3. The quantitative estimate of drug-likeness (QED) is 0.0590. The summed E-state index contributed by atoms with van der Waals surface area (Å²) < 4.78 is 28.3. The Kier molecular flexibility index (Phi) is 14.8. The Hall–Kier alpha value is -2.93. The highest BCUT2D eigenvalue weighted by Crippen LogP contribution is 2.58. The molecule has 3 atom stereocenters. The molecule has 0 saturated heterocycles. The van der Waals surface area contributed by atoms with Gasteiger partial charge in [-0.25, -0.2) is 0 Å². The minimum atomic E-state index is -2.14. The van der Waals surface area contributed by atoms with Gasteiger partial charge in [0, 0.05) is 28.7 Å². The van der Waals surface area contributed by atoms with Crippen molar-refractivity contribution in [3.05, 3.63) is 94.5 Å². The highest BCUT2D eigenvalue weighted by atomic mass is 28.4. The van der Waals surface area contributed by atoms with Crippen LogP contribution in [-0.4, -0.2) is 14.1 Å². The molecular weight excluding hydrogens is 649 g/mol. The van der Waals surface area contributed by atoms with E-state index in [1.807, 2.05) is 36.4 Å². The van der Waals surface area contributed by atoms with Gasteiger partial charge in [-0.1, -0.05) is 153 Å². The molecule has 0 aromatic heterocycles. The lowest BCUT2D eigenvalue weighted by Crippen LogP contribution is -2.51. The van der Waals surface area contributed by atoms with Crippen molar-refractivity contribution in [1.82, 2.24) is 0 Å². The van der Waals surface area contributed by atoms with Crippen LogP contribution in [0.4, 0.5) is 0 Å². The average Bonchev–Trinajstić information content (AvgIpc) is 3.53. The van der Waals surface area contributed by atoms with Crippen molar-refractivity contribution in [1.29, 1.82) is 0 Å². The molecule has 5 rings (SSSR count). The van der Waals surface area contributed by atoms with E-state index in [0.717, 1.165) is 89.6 Å². The molecule has 6 heteroatoms. The third-order valence-corrected chi connectivity index (χ3v) is 16.2. The molecule has 2 heterocycles. The molecule has 278 valence electrons. The van der Waals surface area contributed by atoms with Gasteiger partial charge in [0.15, 0.2) is 14.1 Å². The Morgan fingerprint density at radius 3 is 2.14 bits per heavy atom. The molecular formula is C45H64O5Si. The van der Waals surface area contributed by atoms with Gasteiger partial charge in [0.2, 0.25) is 5.79 Å². The fourth-order valence-electron chi connectivity index (χ4n) is 8.29. The smallest absolute Gasteiger partial charge is 0.243 e. The van der Waals surface area contributed by atoms with Crippen molar-refractivity contribution in [3.63, 3.8) is 0 Å². The molecule has 3 aromatic carbocycles. The van der Waals surface area contributed by atoms with Crippen molar-refractivity contribution < 1.29 is 23.4 Å². The zero-order chi connectivity index (χ0) is 36.1. The number of rotatable bonds is 22. The predicted molar refractivity (Wildman–Crippen MR) is 211 cm³/mol. The van der Waals surface area contributed by atoms with Crippen LogP contribution in [-0.2, 0) is 28.2 Å². The molecule has 5 nitrogen and oxygen atoms in total. The van der Waals surface area contributed by atoms with Gasteiger partial charge < -0.3 is 18.6 Å². The van der Waals surface area contributed by atoms with Crippen molar-refractivity contribution in [2.75, 3.05) is 0 Å². The second-order valence-electron chi connectivity index (χ2n) is 14.9. The second kappa shape index (κ2) is 19.2. The van der Waals surface area contributed by atoms with E-state index in [1.165, 1.54) is 44.9 Å². The van der Waals surface area contributed by atoms with E-state index >= 15 is 0 Å². The van der Waals surface area contributed by atoms with Crippen molar-refractivity contribution in [2.45, 2.75) is 161 Å². The van der Waals surface area contributed by atoms with Gasteiger partial charge in [0.1, 0.15) is 18.1 Å². The number of carbonyl (C=O) groups excluding carboxylic acids is 1. The summed E-state index contributed by atoms with van der Waals surface area (Å²) in [6, 6.07) is 25.8. The van der Waals surface area contributed by atoms with Gasteiger partial charge in [0.05, 0.1) is 18.6 Å². The number of ether oxygens (including phenoxy) is 3. The number of hydrogen-bond donors (Lipinski definition) is 0. The van der Waals surface area contributed by atoms with E-state index in [2.05, 4.69) is 65.0 Å². The molecule has 0 N–H and O–H groups in total. The minimum Gasteiger partial charge on any atom is -0.489 e. The van der Waals surface area contributed by atoms with Crippen LogP contribution in [0.1, 0.15) is 157 Å². The summed E-state index contributed by atoms with van der Waals surface area (Å²) in [7, 11) is -2.14. The topological polar surface area (TPSA) is 54.0 Å². The van der Waals surface area contributed by atoms with Gasteiger partial charge in [-0.2, -0.15) is 0 Å². The molecule has 1 spiro atoms. The normalized spacial score (nSPS) is 19.5. The summed E-state index contributed by atoms with van der Waals surface area (Å²) in [5.41, 5.74) is 4.95. The molecule has 0 bridgehead atoms. The van der Waals surface area contributed by atoms with Crippen LogP contribution in [0.2, 0.25) is 18.1 Å². The van der Waals surface area contributed by atoms with Crippen molar-refractivity contribution >= 4 is 14.1 Å². The molecule has 2 aliphatic heterocycles. The molecule has 0 unspecified atom stereocenters. The lowest BCUT2D eigenvalue weighted by Gasteiger charge is -2.49. The third kappa shape index (κ3) is 9.18. The molecule has 0 aliphatic carbocycles. The average molecular weight is 713 g/mol. The lowest BCUT2D eigenvalue weighted by atomic mass is 9.76. The fraction of sp³-hybridized carbons (Fsp3) is 0.578.